The third kappa shape index (κ3) is 3.72. The topological polar surface area (TPSA) is 9.23 Å². The first-order valence-electron chi connectivity index (χ1n) is 3.72. The molecule has 0 aliphatic rings. The molecular formula is C8H3F6IO. The second kappa shape index (κ2) is 4.30. The maximum Gasteiger partial charge on any atom is 0.573 e. The van der Waals surface area contributed by atoms with Crippen LogP contribution in [0.5, 0.6) is 5.75 Å². The van der Waals surface area contributed by atoms with Crippen molar-refractivity contribution in [3.63, 3.8) is 0 Å². The molecule has 1 rings (SSSR count). The number of benzene rings is 1. The largest absolute Gasteiger partial charge is 0.573 e. The summed E-state index contributed by atoms with van der Waals surface area (Å²) >= 11 is 1.45. The van der Waals surface area contributed by atoms with Crippen LogP contribution in [-0.4, -0.2) is 6.36 Å². The normalized spacial score (nSPS) is 12.7. The minimum absolute atomic E-state index is 0.0528. The molecule has 90 valence electrons. The van der Waals surface area contributed by atoms with E-state index in [1.807, 2.05) is 0 Å². The number of halogens is 7. The molecule has 0 fully saturated rings. The van der Waals surface area contributed by atoms with Crippen LogP contribution < -0.4 is 4.74 Å². The van der Waals surface area contributed by atoms with E-state index in [9.17, 15) is 26.3 Å². The number of hydrogen-bond acceptors (Lipinski definition) is 1. The molecule has 1 aromatic carbocycles. The summed E-state index contributed by atoms with van der Waals surface area (Å²) in [4.78, 5) is 0. The van der Waals surface area contributed by atoms with Gasteiger partial charge in [0.15, 0.2) is 0 Å². The second-order valence-corrected chi connectivity index (χ2v) is 3.85. The van der Waals surface area contributed by atoms with Gasteiger partial charge in [-0.15, -0.1) is 13.2 Å². The van der Waals surface area contributed by atoms with E-state index in [1.165, 1.54) is 22.6 Å². The van der Waals surface area contributed by atoms with Gasteiger partial charge >= 0.3 is 12.5 Å². The summed E-state index contributed by atoms with van der Waals surface area (Å²) in [7, 11) is 0. The van der Waals surface area contributed by atoms with E-state index < -0.39 is 23.9 Å². The van der Waals surface area contributed by atoms with Crippen molar-refractivity contribution in [2.45, 2.75) is 12.5 Å². The van der Waals surface area contributed by atoms with E-state index in [0.29, 0.717) is 12.1 Å². The highest BCUT2D eigenvalue weighted by molar-refractivity contribution is 14.1. The molecule has 0 unspecified atom stereocenters. The molecule has 1 aromatic rings. The van der Waals surface area contributed by atoms with Crippen molar-refractivity contribution in [3.05, 3.63) is 27.3 Å². The van der Waals surface area contributed by atoms with E-state index in [-0.39, 0.29) is 3.57 Å². The Balaban J connectivity index is 3.10. The van der Waals surface area contributed by atoms with Gasteiger partial charge in [-0.3, -0.25) is 0 Å². The van der Waals surface area contributed by atoms with E-state index in [4.69, 9.17) is 0 Å². The highest BCUT2D eigenvalue weighted by atomic mass is 127. The third-order valence-electron chi connectivity index (χ3n) is 1.48. The molecule has 0 amide bonds. The Morgan fingerprint density at radius 2 is 1.56 bits per heavy atom. The lowest BCUT2D eigenvalue weighted by molar-refractivity contribution is -0.275. The molecule has 0 bridgehead atoms. The van der Waals surface area contributed by atoms with Crippen LogP contribution in [0.25, 0.3) is 0 Å². The molecule has 1 nitrogen and oxygen atoms in total. The number of ether oxygens (including phenoxy) is 1. The van der Waals surface area contributed by atoms with Gasteiger partial charge in [0.2, 0.25) is 0 Å². The van der Waals surface area contributed by atoms with E-state index >= 15 is 0 Å². The monoisotopic (exact) mass is 356 g/mol. The lowest BCUT2D eigenvalue weighted by atomic mass is 10.2. The Kier molecular flexibility index (Phi) is 3.60. The quantitative estimate of drug-likeness (QED) is 0.541. The zero-order valence-electron chi connectivity index (χ0n) is 7.29. The van der Waals surface area contributed by atoms with Gasteiger partial charge in [0.25, 0.3) is 0 Å². The highest BCUT2D eigenvalue weighted by Gasteiger charge is 2.35. The lowest BCUT2D eigenvalue weighted by Crippen LogP contribution is -2.18. The first-order chi connectivity index (χ1) is 7.09. The van der Waals surface area contributed by atoms with Crippen LogP contribution >= 0.6 is 22.6 Å². The Labute approximate surface area is 99.5 Å². The zero-order chi connectivity index (χ0) is 12.6. The predicted molar refractivity (Wildman–Crippen MR) is 50.8 cm³/mol. The van der Waals surface area contributed by atoms with Crippen molar-refractivity contribution in [2.24, 2.45) is 0 Å². The van der Waals surface area contributed by atoms with Crippen molar-refractivity contribution in [1.82, 2.24) is 0 Å². The summed E-state index contributed by atoms with van der Waals surface area (Å²) in [5, 5.41) is 0. The number of hydrogen-bond donors (Lipinski definition) is 0. The molecule has 0 spiro atoms. The van der Waals surface area contributed by atoms with Gasteiger partial charge in [0.1, 0.15) is 5.75 Å². The van der Waals surface area contributed by atoms with E-state index in [2.05, 4.69) is 4.74 Å². The van der Waals surface area contributed by atoms with Crippen molar-refractivity contribution in [1.29, 1.82) is 0 Å². The molecule has 0 aliphatic carbocycles. The molecule has 0 saturated heterocycles. The molecular weight excluding hydrogens is 353 g/mol. The molecule has 0 atom stereocenters. The van der Waals surface area contributed by atoms with Crippen molar-refractivity contribution in [2.75, 3.05) is 0 Å². The van der Waals surface area contributed by atoms with Crippen LogP contribution in [0.4, 0.5) is 26.3 Å². The minimum Gasteiger partial charge on any atom is -0.405 e. The fourth-order valence-corrected chi connectivity index (χ4v) is 1.33. The van der Waals surface area contributed by atoms with Gasteiger partial charge in [0.05, 0.1) is 9.13 Å². The van der Waals surface area contributed by atoms with Crippen LogP contribution in [0, 0.1) is 3.57 Å². The van der Waals surface area contributed by atoms with Crippen LogP contribution in [0.3, 0.4) is 0 Å². The number of alkyl halides is 6. The minimum atomic E-state index is -5.01. The van der Waals surface area contributed by atoms with Crippen molar-refractivity contribution < 1.29 is 31.1 Å². The lowest BCUT2D eigenvalue weighted by Gasteiger charge is -2.13. The number of rotatable bonds is 1. The highest BCUT2D eigenvalue weighted by Crippen LogP contribution is 2.35. The maximum atomic E-state index is 12.2. The van der Waals surface area contributed by atoms with E-state index in [0.717, 1.165) is 6.07 Å². The van der Waals surface area contributed by atoms with Crippen molar-refractivity contribution >= 4 is 22.6 Å². The molecule has 0 aromatic heterocycles. The summed E-state index contributed by atoms with van der Waals surface area (Å²) in [6, 6.07) is 1.91. The van der Waals surface area contributed by atoms with Crippen LogP contribution in [-0.2, 0) is 6.18 Å². The molecule has 0 radical (unpaired) electrons. The van der Waals surface area contributed by atoms with Gasteiger partial charge in [0, 0.05) is 0 Å². The smallest absolute Gasteiger partial charge is 0.405 e. The molecule has 8 heteroatoms. The average molecular weight is 356 g/mol. The molecule has 0 heterocycles. The fourth-order valence-electron chi connectivity index (χ4n) is 0.883. The fraction of sp³-hybridized carbons (Fsp3) is 0.250. The van der Waals surface area contributed by atoms with Crippen LogP contribution in [0.1, 0.15) is 5.56 Å². The summed E-state index contributed by atoms with van der Waals surface area (Å²) < 4.78 is 75.5. The maximum absolute atomic E-state index is 12.2. The first-order valence-corrected chi connectivity index (χ1v) is 4.80. The summed E-state index contributed by atoms with van der Waals surface area (Å²) in [6.07, 6.45) is -9.71. The Bertz CT molecular complexity index is 383. The Morgan fingerprint density at radius 3 is 2.00 bits per heavy atom. The molecule has 0 N–H and O–H groups in total. The van der Waals surface area contributed by atoms with E-state index in [1.54, 1.807) is 0 Å². The molecule has 0 aliphatic heterocycles. The van der Waals surface area contributed by atoms with Crippen molar-refractivity contribution in [3.8, 4) is 5.75 Å². The standard InChI is InChI=1S/C8H3F6IO/c9-7(10,11)4-1-2-5(15)6(3-4)16-8(12,13)14/h1-3H. The predicted octanol–water partition coefficient (Wildman–Crippen LogP) is 4.21. The van der Waals surface area contributed by atoms with Gasteiger partial charge in [-0.2, -0.15) is 13.2 Å². The molecule has 0 saturated carbocycles. The SMILES string of the molecule is FC(F)(F)Oc1cc(C(F)(F)F)ccc1I. The van der Waals surface area contributed by atoms with Gasteiger partial charge < -0.3 is 4.74 Å². The summed E-state index contributed by atoms with van der Waals surface area (Å²) in [5.74, 6) is -0.858. The van der Waals surface area contributed by atoms with Crippen LogP contribution in [0.2, 0.25) is 0 Å². The summed E-state index contributed by atoms with van der Waals surface area (Å²) in [6.45, 7) is 0. The van der Waals surface area contributed by atoms with Crippen LogP contribution in [0.15, 0.2) is 18.2 Å². The van der Waals surface area contributed by atoms with Gasteiger partial charge in [-0.05, 0) is 40.8 Å². The second-order valence-electron chi connectivity index (χ2n) is 2.69. The summed E-state index contributed by atoms with van der Waals surface area (Å²) in [5.41, 5.74) is -1.19. The van der Waals surface area contributed by atoms with Gasteiger partial charge in [-0.25, -0.2) is 0 Å². The van der Waals surface area contributed by atoms with Gasteiger partial charge in [-0.1, -0.05) is 0 Å². The Hall–Kier alpha value is -0.670. The zero-order valence-corrected chi connectivity index (χ0v) is 9.44. The Morgan fingerprint density at radius 1 is 1.00 bits per heavy atom. The average Bonchev–Trinajstić information content (AvgIpc) is 2.04. The molecule has 16 heavy (non-hydrogen) atoms. The third-order valence-corrected chi connectivity index (χ3v) is 2.38. The first kappa shape index (κ1) is 13.4.